The predicted octanol–water partition coefficient (Wildman–Crippen LogP) is 5.00. The van der Waals surface area contributed by atoms with Gasteiger partial charge >= 0.3 is 0 Å². The van der Waals surface area contributed by atoms with Gasteiger partial charge in [0, 0.05) is 30.3 Å². The molecule has 0 bridgehead atoms. The van der Waals surface area contributed by atoms with Crippen LogP contribution in [0.25, 0.3) is 0 Å². The Morgan fingerprint density at radius 1 is 1.39 bits per heavy atom. The molecule has 1 fully saturated rings. The van der Waals surface area contributed by atoms with Gasteiger partial charge < -0.3 is 4.90 Å². The monoisotopic (exact) mass is 341 g/mol. The number of halogens is 2. The first-order valence-electron chi connectivity index (χ1n) is 8.03. The van der Waals surface area contributed by atoms with Gasteiger partial charge in [-0.2, -0.15) is 0 Å². The van der Waals surface area contributed by atoms with Gasteiger partial charge in [-0.1, -0.05) is 33.8 Å². The molecule has 1 aliphatic heterocycles. The van der Waals surface area contributed by atoms with Gasteiger partial charge in [-0.25, -0.2) is 8.78 Å². The molecule has 0 aliphatic carbocycles. The van der Waals surface area contributed by atoms with Crippen LogP contribution in [0, 0.1) is 23.0 Å². The van der Waals surface area contributed by atoms with Gasteiger partial charge in [0.2, 0.25) is 5.91 Å². The molecule has 1 saturated heterocycles. The summed E-state index contributed by atoms with van der Waals surface area (Å²) in [6, 6.07) is 3.59. The first kappa shape index (κ1) is 18.2. The largest absolute Gasteiger partial charge is 0.326 e. The number of benzene rings is 1. The van der Waals surface area contributed by atoms with E-state index in [4.69, 9.17) is 0 Å². The zero-order valence-corrected chi connectivity index (χ0v) is 15.1. The Morgan fingerprint density at radius 2 is 2.09 bits per heavy atom. The number of carbonyl (C=O) groups is 1. The van der Waals surface area contributed by atoms with Crippen molar-refractivity contribution in [2.75, 3.05) is 12.3 Å². The van der Waals surface area contributed by atoms with Gasteiger partial charge in [0.25, 0.3) is 0 Å². The van der Waals surface area contributed by atoms with Crippen LogP contribution in [-0.4, -0.2) is 23.1 Å². The molecule has 0 N–H and O–H groups in total. The summed E-state index contributed by atoms with van der Waals surface area (Å²) in [7, 11) is 0. The first-order chi connectivity index (χ1) is 10.7. The van der Waals surface area contributed by atoms with Gasteiger partial charge in [-0.05, 0) is 23.8 Å². The van der Waals surface area contributed by atoms with E-state index in [0.717, 1.165) is 18.2 Å². The Kier molecular flexibility index (Phi) is 5.71. The van der Waals surface area contributed by atoms with E-state index in [0.29, 0.717) is 18.5 Å². The Hall–Kier alpha value is -1.10. The Morgan fingerprint density at radius 3 is 2.70 bits per heavy atom. The Labute approximate surface area is 141 Å². The molecule has 1 aromatic rings. The van der Waals surface area contributed by atoms with Crippen molar-refractivity contribution in [1.29, 1.82) is 0 Å². The highest BCUT2D eigenvalue weighted by Crippen LogP contribution is 2.40. The van der Waals surface area contributed by atoms with Gasteiger partial charge in [0.1, 0.15) is 17.0 Å². The van der Waals surface area contributed by atoms with E-state index >= 15 is 0 Å². The zero-order chi connectivity index (χ0) is 17.2. The first-order valence-corrected chi connectivity index (χ1v) is 9.08. The molecule has 2 rings (SSSR count). The van der Waals surface area contributed by atoms with Crippen LogP contribution in [0.1, 0.15) is 51.5 Å². The summed E-state index contributed by atoms with van der Waals surface area (Å²) in [5.74, 6) is -0.0518. The normalized spacial score (nSPS) is 19.9. The van der Waals surface area contributed by atoms with Gasteiger partial charge in [0.05, 0.1) is 0 Å². The van der Waals surface area contributed by atoms with Crippen LogP contribution < -0.4 is 0 Å². The van der Waals surface area contributed by atoms with E-state index < -0.39 is 11.6 Å². The molecule has 1 heterocycles. The molecule has 1 aliphatic rings. The van der Waals surface area contributed by atoms with Crippen LogP contribution in [0.5, 0.6) is 0 Å². The van der Waals surface area contributed by atoms with Crippen LogP contribution in [0.3, 0.4) is 0 Å². The molecule has 1 amide bonds. The molecular weight excluding hydrogens is 316 g/mol. The molecule has 2 atom stereocenters. The SMILES string of the molecule is C[C@H](CC(=O)N1CCS[C@@H]1c1ccc(F)cc1F)CC(C)(C)C. The number of amides is 1. The fourth-order valence-electron chi connectivity index (χ4n) is 3.22. The van der Waals surface area contributed by atoms with Gasteiger partial charge in [0.15, 0.2) is 0 Å². The number of hydrogen-bond donors (Lipinski definition) is 0. The lowest BCUT2D eigenvalue weighted by atomic mass is 9.84. The van der Waals surface area contributed by atoms with Crippen LogP contribution in [0.4, 0.5) is 8.78 Å². The average Bonchev–Trinajstić information content (AvgIpc) is 2.85. The summed E-state index contributed by atoms with van der Waals surface area (Å²) in [6.45, 7) is 9.19. The van der Waals surface area contributed by atoms with Crippen LogP contribution in [0.15, 0.2) is 18.2 Å². The van der Waals surface area contributed by atoms with Gasteiger partial charge in [-0.15, -0.1) is 11.8 Å². The van der Waals surface area contributed by atoms with E-state index in [1.165, 1.54) is 23.9 Å². The number of thioether (sulfide) groups is 1. The van der Waals surface area contributed by atoms with Crippen molar-refractivity contribution in [3.63, 3.8) is 0 Å². The van der Waals surface area contributed by atoms with E-state index in [9.17, 15) is 13.6 Å². The summed E-state index contributed by atoms with van der Waals surface area (Å²) in [6.07, 6.45) is 1.44. The molecule has 0 radical (unpaired) electrons. The molecule has 23 heavy (non-hydrogen) atoms. The Balaban J connectivity index is 2.07. The van der Waals surface area contributed by atoms with Crippen molar-refractivity contribution in [2.24, 2.45) is 11.3 Å². The third-order valence-corrected chi connectivity index (χ3v) is 5.17. The highest BCUT2D eigenvalue weighted by molar-refractivity contribution is 7.99. The maximum atomic E-state index is 14.0. The minimum Gasteiger partial charge on any atom is -0.326 e. The predicted molar refractivity (Wildman–Crippen MR) is 91.1 cm³/mol. The molecule has 0 aromatic heterocycles. The van der Waals surface area contributed by atoms with Crippen LogP contribution >= 0.6 is 11.8 Å². The second kappa shape index (κ2) is 7.20. The number of hydrogen-bond acceptors (Lipinski definition) is 2. The molecule has 5 heteroatoms. The standard InChI is InChI=1S/C18H25F2NOS/c1-12(11-18(2,3)4)9-16(22)21-7-8-23-17(21)14-6-5-13(19)10-15(14)20/h5-6,10,12,17H,7-9,11H2,1-4H3/t12-,17-/m1/s1. The fourth-order valence-corrected chi connectivity index (χ4v) is 4.52. The molecule has 1 aromatic carbocycles. The topological polar surface area (TPSA) is 20.3 Å². The van der Waals surface area contributed by atoms with Crippen molar-refractivity contribution >= 4 is 17.7 Å². The lowest BCUT2D eigenvalue weighted by molar-refractivity contribution is -0.132. The average molecular weight is 341 g/mol. The third-order valence-electron chi connectivity index (χ3n) is 3.92. The summed E-state index contributed by atoms with van der Waals surface area (Å²) in [4.78, 5) is 14.4. The van der Waals surface area contributed by atoms with Crippen molar-refractivity contribution in [2.45, 2.75) is 45.9 Å². The van der Waals surface area contributed by atoms with Crippen molar-refractivity contribution in [3.05, 3.63) is 35.4 Å². The maximum absolute atomic E-state index is 14.0. The van der Waals surface area contributed by atoms with E-state index in [-0.39, 0.29) is 22.6 Å². The fraction of sp³-hybridized carbons (Fsp3) is 0.611. The second-order valence-electron chi connectivity index (χ2n) is 7.55. The van der Waals surface area contributed by atoms with E-state index in [2.05, 4.69) is 27.7 Å². The molecule has 0 spiro atoms. The maximum Gasteiger partial charge on any atom is 0.224 e. The lowest BCUT2D eigenvalue weighted by Crippen LogP contribution is -2.32. The van der Waals surface area contributed by atoms with E-state index in [1.54, 1.807) is 4.90 Å². The minimum absolute atomic E-state index is 0.0560. The number of carbonyl (C=O) groups excluding carboxylic acids is 1. The summed E-state index contributed by atoms with van der Waals surface area (Å²) < 4.78 is 27.1. The molecule has 0 unspecified atom stereocenters. The highest BCUT2D eigenvalue weighted by atomic mass is 32.2. The number of nitrogens with zero attached hydrogens (tertiary/aromatic N) is 1. The quantitative estimate of drug-likeness (QED) is 0.768. The summed E-state index contributed by atoms with van der Waals surface area (Å²) in [5.41, 5.74) is 0.577. The molecule has 128 valence electrons. The summed E-state index contributed by atoms with van der Waals surface area (Å²) in [5, 5.41) is -0.343. The Bertz CT molecular complexity index is 571. The van der Waals surface area contributed by atoms with Crippen molar-refractivity contribution in [1.82, 2.24) is 4.90 Å². The molecule has 2 nitrogen and oxygen atoms in total. The number of rotatable bonds is 4. The lowest BCUT2D eigenvalue weighted by Gasteiger charge is -2.28. The third kappa shape index (κ3) is 4.93. The van der Waals surface area contributed by atoms with Crippen molar-refractivity contribution < 1.29 is 13.6 Å². The van der Waals surface area contributed by atoms with Crippen LogP contribution in [-0.2, 0) is 4.79 Å². The summed E-state index contributed by atoms with van der Waals surface area (Å²) >= 11 is 1.53. The minimum atomic E-state index is -0.592. The van der Waals surface area contributed by atoms with Crippen molar-refractivity contribution in [3.8, 4) is 0 Å². The zero-order valence-electron chi connectivity index (χ0n) is 14.2. The van der Waals surface area contributed by atoms with Gasteiger partial charge in [-0.3, -0.25) is 4.79 Å². The smallest absolute Gasteiger partial charge is 0.224 e. The highest BCUT2D eigenvalue weighted by Gasteiger charge is 2.33. The second-order valence-corrected chi connectivity index (χ2v) is 8.74. The molecular formula is C18H25F2NOS. The van der Waals surface area contributed by atoms with E-state index in [1.807, 2.05) is 0 Å². The van der Waals surface area contributed by atoms with Crippen LogP contribution in [0.2, 0.25) is 0 Å². The molecule has 0 saturated carbocycles.